The number of carbonyl (C=O) groups excluding carboxylic acids is 1. The zero-order valence-corrected chi connectivity index (χ0v) is 12.5. The second kappa shape index (κ2) is 5.60. The summed E-state index contributed by atoms with van der Waals surface area (Å²) in [6.45, 7) is 5.66. The van der Waals surface area contributed by atoms with Crippen LogP contribution in [0.4, 0.5) is 4.79 Å². The molecule has 1 N–H and O–H groups in total. The largest absolute Gasteiger partial charge is 0.481 e. The standard InChI is InChI=1S/C14H24N2O4/c1-10-11(12(17)18)5-8-16(10)13(19)15-7-4-6-14(2,9-15)20-3/h10-11H,4-9H2,1-3H3,(H,17,18). The fourth-order valence-electron chi connectivity index (χ4n) is 3.26. The average molecular weight is 284 g/mol. The molecule has 2 heterocycles. The molecule has 0 spiro atoms. The fourth-order valence-corrected chi connectivity index (χ4v) is 3.26. The average Bonchev–Trinajstić information content (AvgIpc) is 2.80. The van der Waals surface area contributed by atoms with E-state index in [4.69, 9.17) is 9.84 Å². The van der Waals surface area contributed by atoms with Gasteiger partial charge in [-0.25, -0.2) is 4.79 Å². The highest BCUT2D eigenvalue weighted by atomic mass is 16.5. The zero-order chi connectivity index (χ0) is 14.9. The van der Waals surface area contributed by atoms with Gasteiger partial charge in [-0.1, -0.05) is 0 Å². The molecule has 2 aliphatic heterocycles. The molecular weight excluding hydrogens is 260 g/mol. The molecule has 6 nitrogen and oxygen atoms in total. The van der Waals surface area contributed by atoms with Crippen LogP contribution in [0, 0.1) is 5.92 Å². The Kier molecular flexibility index (Phi) is 4.22. The molecule has 20 heavy (non-hydrogen) atoms. The highest BCUT2D eigenvalue weighted by Gasteiger charge is 2.41. The molecule has 0 saturated carbocycles. The molecular formula is C14H24N2O4. The van der Waals surface area contributed by atoms with Crippen molar-refractivity contribution in [1.29, 1.82) is 0 Å². The molecule has 114 valence electrons. The van der Waals surface area contributed by atoms with Gasteiger partial charge in [-0.3, -0.25) is 4.79 Å². The first-order chi connectivity index (χ1) is 9.38. The lowest BCUT2D eigenvalue weighted by atomic mass is 9.95. The Bertz CT molecular complexity index is 401. The van der Waals surface area contributed by atoms with E-state index >= 15 is 0 Å². The van der Waals surface area contributed by atoms with Crippen molar-refractivity contribution >= 4 is 12.0 Å². The Hall–Kier alpha value is -1.30. The van der Waals surface area contributed by atoms with Crippen molar-refractivity contribution in [2.75, 3.05) is 26.7 Å². The predicted molar refractivity (Wildman–Crippen MR) is 73.5 cm³/mol. The molecule has 3 atom stereocenters. The summed E-state index contributed by atoms with van der Waals surface area (Å²) in [5.41, 5.74) is -0.289. The second-order valence-corrected chi connectivity index (χ2v) is 6.13. The summed E-state index contributed by atoms with van der Waals surface area (Å²) in [5.74, 6) is -1.26. The minimum atomic E-state index is -0.812. The van der Waals surface area contributed by atoms with E-state index in [0.29, 0.717) is 19.5 Å². The van der Waals surface area contributed by atoms with Crippen LogP contribution >= 0.6 is 0 Å². The van der Waals surface area contributed by atoms with E-state index in [9.17, 15) is 9.59 Å². The van der Waals surface area contributed by atoms with Crippen LogP contribution in [-0.2, 0) is 9.53 Å². The van der Waals surface area contributed by atoms with Gasteiger partial charge in [0.2, 0.25) is 0 Å². The van der Waals surface area contributed by atoms with Crippen molar-refractivity contribution in [3.8, 4) is 0 Å². The number of amides is 2. The van der Waals surface area contributed by atoms with Gasteiger partial charge < -0.3 is 19.6 Å². The molecule has 2 rings (SSSR count). The third kappa shape index (κ3) is 2.75. The van der Waals surface area contributed by atoms with E-state index in [0.717, 1.165) is 19.4 Å². The molecule has 2 aliphatic rings. The van der Waals surface area contributed by atoms with E-state index in [1.165, 1.54) is 0 Å². The summed E-state index contributed by atoms with van der Waals surface area (Å²) in [5, 5.41) is 9.14. The quantitative estimate of drug-likeness (QED) is 0.832. The Labute approximate surface area is 119 Å². The number of nitrogens with zero attached hydrogens (tertiary/aromatic N) is 2. The lowest BCUT2D eigenvalue weighted by Crippen LogP contribution is -2.54. The maximum atomic E-state index is 12.6. The summed E-state index contributed by atoms with van der Waals surface area (Å²) < 4.78 is 5.50. The Morgan fingerprint density at radius 2 is 2.05 bits per heavy atom. The molecule has 0 bridgehead atoms. The molecule has 2 amide bonds. The van der Waals surface area contributed by atoms with Crippen LogP contribution in [0.2, 0.25) is 0 Å². The molecule has 6 heteroatoms. The SMILES string of the molecule is COC1(C)CCCN(C(=O)N2CCC(C(=O)O)C2C)C1. The van der Waals surface area contributed by atoms with Gasteiger partial charge in [0.1, 0.15) is 0 Å². The van der Waals surface area contributed by atoms with Crippen LogP contribution in [0.25, 0.3) is 0 Å². The number of urea groups is 1. The van der Waals surface area contributed by atoms with Crippen molar-refractivity contribution in [3.05, 3.63) is 0 Å². The molecule has 0 aromatic rings. The maximum absolute atomic E-state index is 12.6. The summed E-state index contributed by atoms with van der Waals surface area (Å²) in [6.07, 6.45) is 2.40. The van der Waals surface area contributed by atoms with Gasteiger partial charge in [-0.15, -0.1) is 0 Å². The van der Waals surface area contributed by atoms with Crippen molar-refractivity contribution in [1.82, 2.24) is 9.80 Å². The first-order valence-corrected chi connectivity index (χ1v) is 7.21. The van der Waals surface area contributed by atoms with E-state index in [2.05, 4.69) is 0 Å². The minimum Gasteiger partial charge on any atom is -0.481 e. The molecule has 2 saturated heterocycles. The number of piperidine rings is 1. The number of methoxy groups -OCH3 is 1. The monoisotopic (exact) mass is 284 g/mol. The summed E-state index contributed by atoms with van der Waals surface area (Å²) in [4.78, 5) is 27.2. The molecule has 0 aromatic carbocycles. The van der Waals surface area contributed by atoms with E-state index in [-0.39, 0.29) is 17.7 Å². The van der Waals surface area contributed by atoms with E-state index < -0.39 is 11.9 Å². The van der Waals surface area contributed by atoms with Gasteiger partial charge in [0, 0.05) is 26.2 Å². The minimum absolute atomic E-state index is 0.0516. The Morgan fingerprint density at radius 1 is 1.35 bits per heavy atom. The van der Waals surface area contributed by atoms with Crippen molar-refractivity contribution in [2.45, 2.75) is 44.8 Å². The molecule has 3 unspecified atom stereocenters. The van der Waals surface area contributed by atoms with Gasteiger partial charge >= 0.3 is 12.0 Å². The first kappa shape index (κ1) is 15.1. The lowest BCUT2D eigenvalue weighted by molar-refractivity contribution is -0.142. The third-order valence-corrected chi connectivity index (χ3v) is 4.74. The molecule has 0 aliphatic carbocycles. The maximum Gasteiger partial charge on any atom is 0.320 e. The normalized spacial score (nSPS) is 34.4. The number of likely N-dealkylation sites (tertiary alicyclic amines) is 2. The number of carboxylic acids is 1. The second-order valence-electron chi connectivity index (χ2n) is 6.13. The van der Waals surface area contributed by atoms with Crippen LogP contribution < -0.4 is 0 Å². The van der Waals surface area contributed by atoms with E-state index in [1.807, 2.05) is 13.8 Å². The van der Waals surface area contributed by atoms with Crippen LogP contribution in [-0.4, -0.2) is 65.3 Å². The number of aliphatic carboxylic acids is 1. The number of carboxylic acid groups (broad SMARTS) is 1. The van der Waals surface area contributed by atoms with Gasteiger partial charge in [0.05, 0.1) is 18.1 Å². The highest BCUT2D eigenvalue weighted by Crippen LogP contribution is 2.29. The van der Waals surface area contributed by atoms with Crippen molar-refractivity contribution in [3.63, 3.8) is 0 Å². The zero-order valence-electron chi connectivity index (χ0n) is 12.5. The Balaban J connectivity index is 2.03. The number of hydrogen-bond acceptors (Lipinski definition) is 3. The third-order valence-electron chi connectivity index (χ3n) is 4.74. The number of rotatable bonds is 2. The smallest absolute Gasteiger partial charge is 0.320 e. The topological polar surface area (TPSA) is 70.1 Å². The number of carbonyl (C=O) groups is 2. The van der Waals surface area contributed by atoms with Gasteiger partial charge in [0.15, 0.2) is 0 Å². The summed E-state index contributed by atoms with van der Waals surface area (Å²) >= 11 is 0. The van der Waals surface area contributed by atoms with Crippen LogP contribution in [0.15, 0.2) is 0 Å². The van der Waals surface area contributed by atoms with Gasteiger partial charge in [-0.05, 0) is 33.1 Å². The van der Waals surface area contributed by atoms with Crippen LogP contribution in [0.3, 0.4) is 0 Å². The van der Waals surface area contributed by atoms with Gasteiger partial charge in [-0.2, -0.15) is 0 Å². The predicted octanol–water partition coefficient (Wildman–Crippen LogP) is 1.40. The highest BCUT2D eigenvalue weighted by molar-refractivity contribution is 5.78. The number of hydrogen-bond donors (Lipinski definition) is 1. The van der Waals surface area contributed by atoms with Crippen LogP contribution in [0.1, 0.15) is 33.1 Å². The fraction of sp³-hybridized carbons (Fsp3) is 0.857. The van der Waals surface area contributed by atoms with Crippen molar-refractivity contribution < 1.29 is 19.4 Å². The summed E-state index contributed by atoms with van der Waals surface area (Å²) in [6, 6.07) is -0.292. The lowest BCUT2D eigenvalue weighted by Gasteiger charge is -2.41. The Morgan fingerprint density at radius 3 is 2.60 bits per heavy atom. The van der Waals surface area contributed by atoms with Crippen molar-refractivity contribution in [2.24, 2.45) is 5.92 Å². The molecule has 0 aromatic heterocycles. The van der Waals surface area contributed by atoms with E-state index in [1.54, 1.807) is 16.9 Å². The molecule has 0 radical (unpaired) electrons. The molecule has 2 fully saturated rings. The first-order valence-electron chi connectivity index (χ1n) is 7.21. The number of ether oxygens (including phenoxy) is 1. The van der Waals surface area contributed by atoms with Gasteiger partial charge in [0.25, 0.3) is 0 Å². The summed E-state index contributed by atoms with van der Waals surface area (Å²) in [7, 11) is 1.67. The van der Waals surface area contributed by atoms with Crippen LogP contribution in [0.5, 0.6) is 0 Å².